The van der Waals surface area contributed by atoms with Crippen molar-refractivity contribution in [3.63, 3.8) is 0 Å². The van der Waals surface area contributed by atoms with Crippen LogP contribution in [-0.2, 0) is 4.79 Å². The van der Waals surface area contributed by atoms with E-state index in [9.17, 15) is 4.79 Å². The van der Waals surface area contributed by atoms with Crippen LogP contribution in [0.4, 0.5) is 0 Å². The molecule has 0 saturated heterocycles. The number of ether oxygens (including phenoxy) is 1. The average Bonchev–Trinajstić information content (AvgIpc) is 2.55. The van der Waals surface area contributed by atoms with E-state index < -0.39 is 6.04 Å². The summed E-state index contributed by atoms with van der Waals surface area (Å²) in [6, 6.07) is 16.8. The van der Waals surface area contributed by atoms with E-state index in [0.29, 0.717) is 12.3 Å². The quantitative estimate of drug-likeness (QED) is 0.807. The summed E-state index contributed by atoms with van der Waals surface area (Å²) in [5, 5.41) is 2.97. The summed E-state index contributed by atoms with van der Waals surface area (Å²) in [4.78, 5) is 12.1. The average molecular weight is 326 g/mol. The molecule has 0 aliphatic heterocycles. The maximum atomic E-state index is 12.1. The summed E-state index contributed by atoms with van der Waals surface area (Å²) >= 11 is 0. The van der Waals surface area contributed by atoms with Gasteiger partial charge in [0, 0.05) is 0 Å². The van der Waals surface area contributed by atoms with Crippen LogP contribution >= 0.6 is 0 Å². The van der Waals surface area contributed by atoms with Gasteiger partial charge in [-0.15, -0.1) is 0 Å². The van der Waals surface area contributed by atoms with Gasteiger partial charge in [-0.1, -0.05) is 44.2 Å². The van der Waals surface area contributed by atoms with Crippen LogP contribution in [0, 0.1) is 5.92 Å². The summed E-state index contributed by atoms with van der Waals surface area (Å²) in [6.45, 7) is 6.07. The highest BCUT2D eigenvalue weighted by atomic mass is 16.5. The van der Waals surface area contributed by atoms with Gasteiger partial charge in [-0.25, -0.2) is 0 Å². The van der Waals surface area contributed by atoms with Gasteiger partial charge in [-0.05, 0) is 49.1 Å². The molecule has 2 rings (SSSR count). The van der Waals surface area contributed by atoms with Gasteiger partial charge in [0.15, 0.2) is 0 Å². The number of carbonyl (C=O) groups is 1. The van der Waals surface area contributed by atoms with Crippen molar-refractivity contribution in [2.45, 2.75) is 39.3 Å². The molecule has 128 valence electrons. The van der Waals surface area contributed by atoms with Gasteiger partial charge in [-0.2, -0.15) is 0 Å². The standard InChI is InChI=1S/C20H26N2O2/c1-14(2)13-19(21)20(23)22-15(3)16-9-11-18(12-10-16)24-17-7-5-4-6-8-17/h4-12,14-15,19H,13,21H2,1-3H3,(H,22,23). The largest absolute Gasteiger partial charge is 0.457 e. The molecule has 0 heterocycles. The number of benzene rings is 2. The van der Waals surface area contributed by atoms with E-state index in [4.69, 9.17) is 10.5 Å². The van der Waals surface area contributed by atoms with E-state index in [0.717, 1.165) is 17.1 Å². The zero-order valence-electron chi connectivity index (χ0n) is 14.5. The zero-order valence-corrected chi connectivity index (χ0v) is 14.5. The summed E-state index contributed by atoms with van der Waals surface area (Å²) in [7, 11) is 0. The summed E-state index contributed by atoms with van der Waals surface area (Å²) in [6.07, 6.45) is 0.683. The first-order chi connectivity index (χ1) is 11.5. The van der Waals surface area contributed by atoms with Crippen molar-refractivity contribution in [3.05, 3.63) is 60.2 Å². The van der Waals surface area contributed by atoms with E-state index >= 15 is 0 Å². The Kier molecular flexibility index (Phi) is 6.38. The van der Waals surface area contributed by atoms with Crippen molar-refractivity contribution in [3.8, 4) is 11.5 Å². The maximum absolute atomic E-state index is 12.1. The molecule has 0 aliphatic carbocycles. The van der Waals surface area contributed by atoms with Crippen LogP contribution in [0.15, 0.2) is 54.6 Å². The van der Waals surface area contributed by atoms with Crippen LogP contribution in [0.5, 0.6) is 11.5 Å². The molecule has 2 unspecified atom stereocenters. The summed E-state index contributed by atoms with van der Waals surface area (Å²) in [5.74, 6) is 1.85. The Bertz CT molecular complexity index is 638. The highest BCUT2D eigenvalue weighted by molar-refractivity contribution is 5.81. The Morgan fingerprint density at radius 2 is 1.58 bits per heavy atom. The van der Waals surface area contributed by atoms with Gasteiger partial charge in [-0.3, -0.25) is 4.79 Å². The van der Waals surface area contributed by atoms with E-state index in [1.165, 1.54) is 0 Å². The van der Waals surface area contributed by atoms with Crippen LogP contribution < -0.4 is 15.8 Å². The van der Waals surface area contributed by atoms with E-state index in [1.54, 1.807) is 0 Å². The minimum absolute atomic E-state index is 0.0958. The lowest BCUT2D eigenvalue weighted by Crippen LogP contribution is -2.42. The normalized spacial score (nSPS) is 13.4. The van der Waals surface area contributed by atoms with Crippen molar-refractivity contribution < 1.29 is 9.53 Å². The number of hydrogen-bond acceptors (Lipinski definition) is 3. The number of para-hydroxylation sites is 1. The van der Waals surface area contributed by atoms with Gasteiger partial charge in [0.2, 0.25) is 5.91 Å². The van der Waals surface area contributed by atoms with Gasteiger partial charge >= 0.3 is 0 Å². The van der Waals surface area contributed by atoms with Crippen molar-refractivity contribution in [1.29, 1.82) is 0 Å². The molecular formula is C20H26N2O2. The van der Waals surface area contributed by atoms with E-state index in [-0.39, 0.29) is 11.9 Å². The van der Waals surface area contributed by atoms with Crippen molar-refractivity contribution in [1.82, 2.24) is 5.32 Å². The topological polar surface area (TPSA) is 64.4 Å². The predicted octanol–water partition coefficient (Wildman–Crippen LogP) is 4.03. The fourth-order valence-electron chi connectivity index (χ4n) is 2.47. The Morgan fingerprint density at radius 3 is 2.17 bits per heavy atom. The molecule has 0 saturated carbocycles. The lowest BCUT2D eigenvalue weighted by molar-refractivity contribution is -0.123. The van der Waals surface area contributed by atoms with Gasteiger partial charge < -0.3 is 15.8 Å². The third-order valence-electron chi connectivity index (χ3n) is 3.78. The smallest absolute Gasteiger partial charge is 0.237 e. The molecule has 3 N–H and O–H groups in total. The number of amides is 1. The number of hydrogen-bond donors (Lipinski definition) is 2. The molecule has 0 aliphatic rings. The Morgan fingerprint density at radius 1 is 1.00 bits per heavy atom. The lowest BCUT2D eigenvalue weighted by Gasteiger charge is -2.19. The first kappa shape index (κ1) is 18.0. The zero-order chi connectivity index (χ0) is 17.5. The van der Waals surface area contributed by atoms with E-state index in [2.05, 4.69) is 19.2 Å². The molecule has 24 heavy (non-hydrogen) atoms. The van der Waals surface area contributed by atoms with Crippen LogP contribution in [-0.4, -0.2) is 11.9 Å². The van der Waals surface area contributed by atoms with Gasteiger partial charge in [0.25, 0.3) is 0 Å². The van der Waals surface area contributed by atoms with Gasteiger partial charge in [0.1, 0.15) is 11.5 Å². The SMILES string of the molecule is CC(C)CC(N)C(=O)NC(C)c1ccc(Oc2ccccc2)cc1. The summed E-state index contributed by atoms with van der Waals surface area (Å²) < 4.78 is 5.77. The predicted molar refractivity (Wildman–Crippen MR) is 96.9 cm³/mol. The minimum atomic E-state index is -0.465. The Balaban J connectivity index is 1.93. The molecule has 0 fully saturated rings. The van der Waals surface area contributed by atoms with Gasteiger partial charge in [0.05, 0.1) is 12.1 Å². The maximum Gasteiger partial charge on any atom is 0.237 e. The lowest BCUT2D eigenvalue weighted by atomic mass is 10.0. The fraction of sp³-hybridized carbons (Fsp3) is 0.350. The first-order valence-electron chi connectivity index (χ1n) is 8.34. The second kappa shape index (κ2) is 8.50. The molecule has 2 aromatic carbocycles. The van der Waals surface area contributed by atoms with E-state index in [1.807, 2.05) is 61.5 Å². The Labute approximate surface area is 144 Å². The molecule has 0 bridgehead atoms. The van der Waals surface area contributed by atoms with Crippen LogP contribution in [0.2, 0.25) is 0 Å². The highest BCUT2D eigenvalue weighted by Gasteiger charge is 2.17. The summed E-state index contributed by atoms with van der Waals surface area (Å²) in [5.41, 5.74) is 6.94. The second-order valence-electron chi connectivity index (χ2n) is 6.45. The number of nitrogens with two attached hydrogens (primary N) is 1. The molecule has 0 spiro atoms. The van der Waals surface area contributed by atoms with Crippen LogP contribution in [0.1, 0.15) is 38.8 Å². The molecule has 2 atom stereocenters. The fourth-order valence-corrected chi connectivity index (χ4v) is 2.47. The highest BCUT2D eigenvalue weighted by Crippen LogP contribution is 2.23. The van der Waals surface area contributed by atoms with Crippen molar-refractivity contribution in [2.75, 3.05) is 0 Å². The molecular weight excluding hydrogens is 300 g/mol. The molecule has 4 heteroatoms. The monoisotopic (exact) mass is 326 g/mol. The molecule has 4 nitrogen and oxygen atoms in total. The third-order valence-corrected chi connectivity index (χ3v) is 3.78. The molecule has 0 aromatic heterocycles. The molecule has 2 aromatic rings. The number of rotatable bonds is 7. The number of carbonyl (C=O) groups excluding carboxylic acids is 1. The Hall–Kier alpha value is -2.33. The number of nitrogens with one attached hydrogen (secondary N) is 1. The van der Waals surface area contributed by atoms with Crippen molar-refractivity contribution in [2.24, 2.45) is 11.7 Å². The van der Waals surface area contributed by atoms with Crippen LogP contribution in [0.25, 0.3) is 0 Å². The molecule has 0 radical (unpaired) electrons. The third kappa shape index (κ3) is 5.39. The first-order valence-corrected chi connectivity index (χ1v) is 8.34. The second-order valence-corrected chi connectivity index (χ2v) is 6.45. The van der Waals surface area contributed by atoms with Crippen molar-refractivity contribution >= 4 is 5.91 Å². The minimum Gasteiger partial charge on any atom is -0.457 e. The molecule has 1 amide bonds. The van der Waals surface area contributed by atoms with Crippen LogP contribution in [0.3, 0.4) is 0 Å².